The van der Waals surface area contributed by atoms with E-state index in [1.807, 2.05) is 61.2 Å². The quantitative estimate of drug-likeness (QED) is 0.170. The molecule has 9 nitrogen and oxygen atoms in total. The van der Waals surface area contributed by atoms with E-state index in [1.54, 1.807) is 0 Å². The highest BCUT2D eigenvalue weighted by Crippen LogP contribution is 2.54. The van der Waals surface area contributed by atoms with E-state index in [4.69, 9.17) is 13.3 Å². The maximum Gasteiger partial charge on any atom is 0.136 e. The molecule has 80 heavy (non-hydrogen) atoms. The third-order valence-electron chi connectivity index (χ3n) is 16.7. The molecule has 0 saturated carbocycles. The lowest BCUT2D eigenvalue weighted by Crippen LogP contribution is -2.13. The van der Waals surface area contributed by atoms with Gasteiger partial charge in [-0.25, -0.2) is 0 Å². The van der Waals surface area contributed by atoms with Gasteiger partial charge < -0.3 is 27.0 Å². The highest BCUT2D eigenvalue weighted by molar-refractivity contribution is 6.31. The lowest BCUT2D eigenvalue weighted by molar-refractivity contribution is 0.669. The summed E-state index contributed by atoms with van der Waals surface area (Å²) < 4.78 is 27.1. The number of furan rings is 3. The molecule has 0 unspecified atom stereocenters. The zero-order chi connectivity index (χ0) is 52.3. The van der Waals surface area contributed by atoms with Gasteiger partial charge >= 0.3 is 0 Å². The second kappa shape index (κ2) is 15.9. The SMILES string of the molecule is N#Cc1c(-n2c3ccccc3c3c4c(ccc32)oc2ccccc24)c(-c2ccncc2)c(-n2c3ccccc3c3c4c(ccc32)oc2ccccc24)c(-c2ccncc2)c1-n1c2ccccc2c2c3c(ccc21)oc1ccccc13. The van der Waals surface area contributed by atoms with Gasteiger partial charge in [0.25, 0.3) is 0 Å². The van der Waals surface area contributed by atoms with Gasteiger partial charge in [0.2, 0.25) is 0 Å². The zero-order valence-electron chi connectivity index (χ0n) is 42.3. The van der Waals surface area contributed by atoms with Gasteiger partial charge in [0.05, 0.1) is 50.2 Å². The standard InChI is InChI=1S/C71H38N6O3/c72-39-48-69(75-49-19-7-1-13-42(49)63-52(75)25-28-58-66(63)45-16-4-10-22-55(45)78-58)61(40-31-35-73-36-32-40)71(77-51-21-9-3-15-44(51)65-54(77)27-30-60-68(65)47-18-6-12-24-57(47)80-60)62(41-33-37-74-38-34-41)70(48)76-50-20-8-2-14-43(50)64-53(76)26-29-59-67(64)46-17-5-11-23-56(46)79-59/h1-38H. The van der Waals surface area contributed by atoms with Crippen molar-refractivity contribution in [2.75, 3.05) is 0 Å². The summed E-state index contributed by atoms with van der Waals surface area (Å²) in [6.45, 7) is 0. The van der Waals surface area contributed by atoms with Crippen LogP contribution >= 0.6 is 0 Å². The number of aromatic nitrogens is 5. The smallest absolute Gasteiger partial charge is 0.136 e. The molecule has 0 aliphatic heterocycles. The maximum absolute atomic E-state index is 12.8. The Bertz CT molecular complexity index is 5490. The Kier molecular flexibility index (Phi) is 8.55. The van der Waals surface area contributed by atoms with Crippen LogP contribution in [-0.2, 0) is 0 Å². The van der Waals surface area contributed by atoms with Gasteiger partial charge in [0.1, 0.15) is 45.1 Å². The molecule has 370 valence electrons. The van der Waals surface area contributed by atoms with Gasteiger partial charge in [-0.15, -0.1) is 0 Å². The van der Waals surface area contributed by atoms with Crippen molar-refractivity contribution in [3.05, 3.63) is 237 Å². The molecule has 0 radical (unpaired) electrons. The van der Waals surface area contributed by atoms with Crippen molar-refractivity contribution in [3.63, 3.8) is 0 Å². The summed E-state index contributed by atoms with van der Waals surface area (Å²) in [5.74, 6) is 0. The average Bonchev–Trinajstić information content (AvgIpc) is 3.85. The summed E-state index contributed by atoms with van der Waals surface area (Å²) in [6, 6.07) is 74.7. The van der Waals surface area contributed by atoms with Crippen LogP contribution in [0.5, 0.6) is 0 Å². The van der Waals surface area contributed by atoms with E-state index in [-0.39, 0.29) is 0 Å². The Morgan fingerprint density at radius 2 is 0.600 bits per heavy atom. The van der Waals surface area contributed by atoms with Crippen LogP contribution in [0.1, 0.15) is 5.56 Å². The number of pyridine rings is 2. The van der Waals surface area contributed by atoms with Crippen LogP contribution in [0.2, 0.25) is 0 Å². The second-order valence-corrected chi connectivity index (χ2v) is 20.6. The van der Waals surface area contributed by atoms with Crippen LogP contribution < -0.4 is 0 Å². The largest absolute Gasteiger partial charge is 0.456 e. The van der Waals surface area contributed by atoms with E-state index in [0.29, 0.717) is 16.9 Å². The van der Waals surface area contributed by atoms with Gasteiger partial charge in [0, 0.05) is 101 Å². The predicted molar refractivity (Wildman–Crippen MR) is 322 cm³/mol. The van der Waals surface area contributed by atoms with E-state index in [1.165, 1.54) is 0 Å². The molecule has 0 atom stereocenters. The first kappa shape index (κ1) is 43.0. The zero-order valence-corrected chi connectivity index (χ0v) is 42.3. The van der Waals surface area contributed by atoms with Crippen molar-refractivity contribution in [2.24, 2.45) is 0 Å². The Morgan fingerprint density at radius 1 is 0.287 bits per heavy atom. The summed E-state index contributed by atoms with van der Waals surface area (Å²) in [7, 11) is 0. The second-order valence-electron chi connectivity index (χ2n) is 20.6. The fourth-order valence-corrected chi connectivity index (χ4v) is 13.6. The van der Waals surface area contributed by atoms with Gasteiger partial charge in [-0.3, -0.25) is 9.97 Å². The van der Waals surface area contributed by atoms with E-state index >= 15 is 0 Å². The normalized spacial score (nSPS) is 12.2. The molecular weight excluding hydrogens is 985 g/mol. The van der Waals surface area contributed by atoms with Gasteiger partial charge in [0.15, 0.2) is 0 Å². The monoisotopic (exact) mass is 1020 g/mol. The van der Waals surface area contributed by atoms with E-state index < -0.39 is 0 Å². The summed E-state index contributed by atoms with van der Waals surface area (Å²) in [5, 5.41) is 25.2. The number of nitrogens with zero attached hydrogens (tertiary/aromatic N) is 6. The van der Waals surface area contributed by atoms with Crippen molar-refractivity contribution in [3.8, 4) is 45.4 Å². The van der Waals surface area contributed by atoms with Gasteiger partial charge in [-0.05, 0) is 108 Å². The molecule has 0 spiro atoms. The molecule has 0 N–H and O–H groups in total. The Hall–Kier alpha value is -11.2. The molecule has 0 amide bonds. The summed E-state index contributed by atoms with van der Waals surface area (Å²) >= 11 is 0. The molecule has 0 aliphatic rings. The first-order valence-electron chi connectivity index (χ1n) is 26.7. The van der Waals surface area contributed by atoms with E-state index in [2.05, 4.69) is 200 Å². The highest BCUT2D eigenvalue weighted by atomic mass is 16.3. The number of nitriles is 1. The van der Waals surface area contributed by atoms with Crippen LogP contribution in [0.4, 0.5) is 0 Å². The number of benzene rings is 10. The van der Waals surface area contributed by atoms with Crippen LogP contribution in [-0.4, -0.2) is 23.7 Å². The minimum Gasteiger partial charge on any atom is -0.456 e. The molecule has 0 saturated heterocycles. The van der Waals surface area contributed by atoms with Crippen LogP contribution in [0, 0.1) is 11.3 Å². The third-order valence-corrected chi connectivity index (χ3v) is 16.7. The lowest BCUT2D eigenvalue weighted by atomic mass is 9.88. The summed E-state index contributed by atoms with van der Waals surface area (Å²) in [6.07, 6.45) is 7.40. The first-order valence-corrected chi connectivity index (χ1v) is 26.7. The van der Waals surface area contributed by atoms with Gasteiger partial charge in [-0.1, -0.05) is 109 Å². The number of fused-ring (bicyclic) bond motifs is 21. The number of rotatable bonds is 5. The first-order chi connectivity index (χ1) is 39.7. The minimum atomic E-state index is 0.468. The molecule has 9 heteroatoms. The molecular formula is C71H38N6O3. The molecule has 0 aliphatic carbocycles. The predicted octanol–water partition coefficient (Wildman–Crippen LogP) is 18.7. The topological polar surface area (TPSA) is 104 Å². The minimum absolute atomic E-state index is 0.468. The average molecular weight is 1020 g/mol. The Labute approximate surface area is 453 Å². The molecule has 0 fully saturated rings. The molecule has 18 aromatic rings. The Balaban J connectivity index is 1.15. The molecule has 8 aromatic heterocycles. The van der Waals surface area contributed by atoms with Crippen LogP contribution in [0.3, 0.4) is 0 Å². The van der Waals surface area contributed by atoms with Crippen molar-refractivity contribution in [2.45, 2.75) is 0 Å². The summed E-state index contributed by atoms with van der Waals surface area (Å²) in [5.41, 5.74) is 16.7. The number of hydrogen-bond donors (Lipinski definition) is 0. The molecule has 10 aromatic carbocycles. The fraction of sp³-hybridized carbons (Fsp3) is 0. The van der Waals surface area contributed by atoms with Crippen molar-refractivity contribution < 1.29 is 13.3 Å². The number of hydrogen-bond acceptors (Lipinski definition) is 6. The fourth-order valence-electron chi connectivity index (χ4n) is 13.6. The maximum atomic E-state index is 12.8. The highest BCUT2D eigenvalue weighted by Gasteiger charge is 2.35. The van der Waals surface area contributed by atoms with Crippen molar-refractivity contribution in [1.82, 2.24) is 23.7 Å². The molecule has 18 rings (SSSR count). The molecule has 0 bridgehead atoms. The summed E-state index contributed by atoms with van der Waals surface area (Å²) in [4.78, 5) is 9.28. The van der Waals surface area contributed by atoms with Crippen LogP contribution in [0.15, 0.2) is 244 Å². The van der Waals surface area contributed by atoms with E-state index in [9.17, 15) is 5.26 Å². The lowest BCUT2D eigenvalue weighted by Gasteiger charge is -2.28. The number of para-hydroxylation sites is 6. The van der Waals surface area contributed by atoms with Crippen LogP contribution in [0.25, 0.3) is 171 Å². The van der Waals surface area contributed by atoms with Crippen molar-refractivity contribution in [1.29, 1.82) is 5.26 Å². The Morgan fingerprint density at radius 3 is 0.950 bits per heavy atom. The third kappa shape index (κ3) is 5.57. The molecule has 8 heterocycles. The van der Waals surface area contributed by atoms with Crippen molar-refractivity contribution >= 4 is 131 Å². The van der Waals surface area contributed by atoms with E-state index in [0.717, 1.165) is 159 Å². The van der Waals surface area contributed by atoms with Gasteiger partial charge in [-0.2, -0.15) is 5.26 Å².